The third-order valence-electron chi connectivity index (χ3n) is 0.991. The molecule has 0 fully saturated rings. The third-order valence-corrected chi connectivity index (χ3v) is 1.18. The van der Waals surface area contributed by atoms with Gasteiger partial charge in [0.2, 0.25) is 0 Å². The molecule has 1 N–H and O–H groups in total. The first-order valence-corrected chi connectivity index (χ1v) is 3.12. The number of nitrogens with one attached hydrogen (secondary N) is 1. The van der Waals surface area contributed by atoms with Crippen molar-refractivity contribution in [3.8, 4) is 0 Å². The van der Waals surface area contributed by atoms with Crippen LogP contribution in [0.4, 0.5) is 13.2 Å². The van der Waals surface area contributed by atoms with Gasteiger partial charge in [0.15, 0.2) is 5.15 Å². The van der Waals surface area contributed by atoms with Gasteiger partial charge in [-0.2, -0.15) is 18.3 Å². The molecular weight excluding hydrogens is 181 g/mol. The molecule has 0 bridgehead atoms. The molecular formula is C5H4ClF3N2. The molecule has 0 aliphatic rings. The highest BCUT2D eigenvalue weighted by molar-refractivity contribution is 6.29. The predicted octanol–water partition coefficient (Wildman–Crippen LogP) is 2.17. The number of halogens is 4. The van der Waals surface area contributed by atoms with Gasteiger partial charge in [0.25, 0.3) is 0 Å². The molecule has 1 aromatic rings. The Morgan fingerprint density at radius 3 is 2.55 bits per heavy atom. The third kappa shape index (κ3) is 2.80. The number of alkyl halides is 3. The van der Waals surface area contributed by atoms with Crippen LogP contribution < -0.4 is 0 Å². The Bertz CT molecular complexity index is 242. The highest BCUT2D eigenvalue weighted by Crippen LogP contribution is 2.20. The molecule has 0 aliphatic heterocycles. The summed E-state index contributed by atoms with van der Waals surface area (Å²) in [4.78, 5) is 0. The molecule has 11 heavy (non-hydrogen) atoms. The van der Waals surface area contributed by atoms with Gasteiger partial charge >= 0.3 is 6.18 Å². The zero-order valence-electron chi connectivity index (χ0n) is 5.24. The summed E-state index contributed by atoms with van der Waals surface area (Å²) in [5, 5.41) is 5.55. The molecule has 2 nitrogen and oxygen atoms in total. The lowest BCUT2D eigenvalue weighted by Crippen LogP contribution is -2.11. The molecule has 6 heteroatoms. The summed E-state index contributed by atoms with van der Waals surface area (Å²) in [6.07, 6.45) is -5.23. The lowest BCUT2D eigenvalue weighted by molar-refractivity contribution is -0.127. The normalized spacial score (nSPS) is 12.0. The zero-order chi connectivity index (χ0) is 8.48. The molecule has 62 valence electrons. The van der Waals surface area contributed by atoms with E-state index < -0.39 is 12.6 Å². The summed E-state index contributed by atoms with van der Waals surface area (Å²) in [5.74, 6) is 0. The van der Waals surface area contributed by atoms with Gasteiger partial charge in [-0.05, 0) is 6.07 Å². The van der Waals surface area contributed by atoms with E-state index in [1.807, 2.05) is 0 Å². The molecule has 1 aromatic heterocycles. The van der Waals surface area contributed by atoms with Crippen molar-refractivity contribution in [3.05, 3.63) is 16.9 Å². The topological polar surface area (TPSA) is 28.7 Å². The van der Waals surface area contributed by atoms with E-state index in [2.05, 4.69) is 10.2 Å². The second-order valence-electron chi connectivity index (χ2n) is 2.01. The van der Waals surface area contributed by atoms with Crippen LogP contribution >= 0.6 is 11.6 Å². The molecule has 0 spiro atoms. The monoisotopic (exact) mass is 184 g/mol. The highest BCUT2D eigenvalue weighted by atomic mass is 35.5. The van der Waals surface area contributed by atoms with Crippen LogP contribution in [0.25, 0.3) is 0 Å². The Balaban J connectivity index is 2.65. The fourth-order valence-electron chi connectivity index (χ4n) is 0.640. The van der Waals surface area contributed by atoms with E-state index in [9.17, 15) is 13.2 Å². The molecule has 0 radical (unpaired) electrons. The fraction of sp³-hybridized carbons (Fsp3) is 0.400. The number of hydrogen-bond donors (Lipinski definition) is 1. The van der Waals surface area contributed by atoms with Crippen molar-refractivity contribution >= 4 is 11.6 Å². The van der Waals surface area contributed by atoms with Gasteiger partial charge in [0.05, 0.1) is 6.42 Å². The Morgan fingerprint density at radius 2 is 2.18 bits per heavy atom. The number of hydrogen-bond acceptors (Lipinski definition) is 1. The number of rotatable bonds is 1. The first-order valence-electron chi connectivity index (χ1n) is 2.74. The van der Waals surface area contributed by atoms with E-state index in [-0.39, 0.29) is 10.8 Å². The summed E-state index contributed by atoms with van der Waals surface area (Å²) >= 11 is 5.28. The second-order valence-corrected chi connectivity index (χ2v) is 2.40. The lowest BCUT2D eigenvalue weighted by atomic mass is 10.3. The van der Waals surface area contributed by atoms with E-state index in [1.165, 1.54) is 0 Å². The van der Waals surface area contributed by atoms with E-state index in [4.69, 9.17) is 11.6 Å². The van der Waals surface area contributed by atoms with Crippen molar-refractivity contribution in [2.45, 2.75) is 12.6 Å². The van der Waals surface area contributed by atoms with Crippen LogP contribution in [0.15, 0.2) is 6.07 Å². The van der Waals surface area contributed by atoms with Crippen molar-refractivity contribution < 1.29 is 13.2 Å². The van der Waals surface area contributed by atoms with Crippen molar-refractivity contribution in [3.63, 3.8) is 0 Å². The molecule has 0 amide bonds. The SMILES string of the molecule is FC(F)(F)Cc1cc(Cl)n[nH]1. The Morgan fingerprint density at radius 1 is 1.55 bits per heavy atom. The zero-order valence-corrected chi connectivity index (χ0v) is 6.00. The van der Waals surface area contributed by atoms with Gasteiger partial charge in [-0.3, -0.25) is 5.10 Å². The average Bonchev–Trinajstić information content (AvgIpc) is 2.10. The summed E-state index contributed by atoms with van der Waals surface area (Å²) in [5.41, 5.74) is -0.0255. The summed E-state index contributed by atoms with van der Waals surface area (Å²) in [6, 6.07) is 1.15. The van der Waals surface area contributed by atoms with Crippen LogP contribution in [0.2, 0.25) is 5.15 Å². The van der Waals surface area contributed by atoms with Crippen molar-refractivity contribution in [1.29, 1.82) is 0 Å². The summed E-state index contributed by atoms with van der Waals surface area (Å²) in [7, 11) is 0. The quantitative estimate of drug-likeness (QED) is 0.712. The number of aromatic amines is 1. The predicted molar refractivity (Wildman–Crippen MR) is 33.4 cm³/mol. The van der Waals surface area contributed by atoms with Crippen LogP contribution in [-0.4, -0.2) is 16.4 Å². The van der Waals surface area contributed by atoms with Crippen LogP contribution in [0, 0.1) is 0 Å². The van der Waals surface area contributed by atoms with Gasteiger partial charge in [-0.1, -0.05) is 11.6 Å². The van der Waals surface area contributed by atoms with Crippen molar-refractivity contribution in [1.82, 2.24) is 10.2 Å². The highest BCUT2D eigenvalue weighted by Gasteiger charge is 2.28. The van der Waals surface area contributed by atoms with Crippen LogP contribution in [-0.2, 0) is 6.42 Å². The fourth-order valence-corrected chi connectivity index (χ4v) is 0.814. The van der Waals surface area contributed by atoms with Gasteiger partial charge in [0, 0.05) is 5.69 Å². The van der Waals surface area contributed by atoms with E-state index in [1.54, 1.807) is 0 Å². The maximum atomic E-state index is 11.7. The minimum Gasteiger partial charge on any atom is -0.281 e. The summed E-state index contributed by atoms with van der Waals surface area (Å²) in [6.45, 7) is 0. The van der Waals surface area contributed by atoms with Gasteiger partial charge in [-0.15, -0.1) is 0 Å². The van der Waals surface area contributed by atoms with Crippen LogP contribution in [0.5, 0.6) is 0 Å². The molecule has 0 aliphatic carbocycles. The maximum absolute atomic E-state index is 11.7. The number of nitrogens with zero attached hydrogens (tertiary/aromatic N) is 1. The largest absolute Gasteiger partial charge is 0.394 e. The van der Waals surface area contributed by atoms with Gasteiger partial charge in [0.1, 0.15) is 0 Å². The molecule has 0 saturated carbocycles. The van der Waals surface area contributed by atoms with Crippen LogP contribution in [0.1, 0.15) is 5.69 Å². The Labute approximate surface area is 65.4 Å². The first kappa shape index (κ1) is 8.39. The minimum atomic E-state index is -4.21. The second kappa shape index (κ2) is 2.73. The van der Waals surface area contributed by atoms with E-state index in [0.717, 1.165) is 6.07 Å². The van der Waals surface area contributed by atoms with E-state index >= 15 is 0 Å². The molecule has 0 aromatic carbocycles. The first-order chi connectivity index (χ1) is 4.97. The Hall–Kier alpha value is -0.710. The Kier molecular flexibility index (Phi) is 2.08. The minimum absolute atomic E-state index is 0.0255. The van der Waals surface area contributed by atoms with Gasteiger partial charge in [-0.25, -0.2) is 0 Å². The number of H-pyrrole nitrogens is 1. The van der Waals surface area contributed by atoms with Crippen molar-refractivity contribution in [2.75, 3.05) is 0 Å². The van der Waals surface area contributed by atoms with Crippen LogP contribution in [0.3, 0.4) is 0 Å². The molecule has 1 rings (SSSR count). The smallest absolute Gasteiger partial charge is 0.281 e. The number of aromatic nitrogens is 2. The van der Waals surface area contributed by atoms with Gasteiger partial charge < -0.3 is 0 Å². The molecule has 0 unspecified atom stereocenters. The van der Waals surface area contributed by atoms with E-state index in [0.29, 0.717) is 0 Å². The van der Waals surface area contributed by atoms with Crippen molar-refractivity contribution in [2.24, 2.45) is 0 Å². The standard InChI is InChI=1S/C5H4ClF3N2/c6-4-1-3(10-11-4)2-5(7,8)9/h1H,2H2,(H,10,11). The maximum Gasteiger partial charge on any atom is 0.394 e. The molecule has 0 saturated heterocycles. The average molecular weight is 185 g/mol. The summed E-state index contributed by atoms with van der Waals surface area (Å²) < 4.78 is 35.0. The molecule has 1 heterocycles. The lowest BCUT2D eigenvalue weighted by Gasteiger charge is -2.01. The molecule has 0 atom stereocenters.